The minimum atomic E-state index is -4.70. The topological polar surface area (TPSA) is 63.1 Å². The van der Waals surface area contributed by atoms with Gasteiger partial charge in [-0.15, -0.1) is 5.10 Å². The fourth-order valence-electron chi connectivity index (χ4n) is 2.62. The standard InChI is InChI=1S/C17H17F3N4O/c1-9(2)12-6-4-11(5-7-12)8-13-10(3)21-16-22-15(17(18,19)20)23-24(16)14(13)25/h4-7,9H,8H2,1-3H3,(H,21,22,23). The van der Waals surface area contributed by atoms with Crippen LogP contribution in [0.4, 0.5) is 13.2 Å². The third-order valence-corrected chi connectivity index (χ3v) is 4.09. The summed E-state index contributed by atoms with van der Waals surface area (Å²) < 4.78 is 38.9. The molecule has 1 aromatic carbocycles. The predicted octanol–water partition coefficient (Wildman–Crippen LogP) is 3.46. The van der Waals surface area contributed by atoms with E-state index in [1.54, 1.807) is 6.92 Å². The molecule has 0 saturated carbocycles. The number of hydrogen-bond acceptors (Lipinski definition) is 3. The molecule has 0 amide bonds. The highest BCUT2D eigenvalue weighted by Gasteiger charge is 2.36. The van der Waals surface area contributed by atoms with Crippen molar-refractivity contribution in [3.05, 3.63) is 62.8 Å². The van der Waals surface area contributed by atoms with Crippen LogP contribution >= 0.6 is 0 Å². The number of rotatable bonds is 3. The number of benzene rings is 1. The molecule has 3 rings (SSSR count). The van der Waals surface area contributed by atoms with Gasteiger partial charge in [0, 0.05) is 17.7 Å². The number of alkyl halides is 3. The molecule has 0 atom stereocenters. The Morgan fingerprint density at radius 3 is 2.40 bits per heavy atom. The smallest absolute Gasteiger partial charge is 0.327 e. The highest BCUT2D eigenvalue weighted by molar-refractivity contribution is 5.36. The second-order valence-corrected chi connectivity index (χ2v) is 6.28. The van der Waals surface area contributed by atoms with E-state index in [1.807, 2.05) is 24.3 Å². The highest BCUT2D eigenvalue weighted by atomic mass is 19.4. The van der Waals surface area contributed by atoms with E-state index in [-0.39, 0.29) is 5.78 Å². The van der Waals surface area contributed by atoms with Crippen LogP contribution in [0.2, 0.25) is 0 Å². The summed E-state index contributed by atoms with van der Waals surface area (Å²) in [4.78, 5) is 18.6. The maximum atomic E-state index is 12.8. The van der Waals surface area contributed by atoms with Gasteiger partial charge < -0.3 is 4.98 Å². The van der Waals surface area contributed by atoms with Crippen LogP contribution in [0.5, 0.6) is 0 Å². The van der Waals surface area contributed by atoms with E-state index in [0.29, 0.717) is 28.1 Å². The highest BCUT2D eigenvalue weighted by Crippen LogP contribution is 2.26. The Morgan fingerprint density at radius 1 is 1.20 bits per heavy atom. The van der Waals surface area contributed by atoms with Crippen molar-refractivity contribution in [2.45, 2.75) is 39.3 Å². The van der Waals surface area contributed by atoms with Crippen molar-refractivity contribution in [2.24, 2.45) is 0 Å². The van der Waals surface area contributed by atoms with Crippen molar-refractivity contribution in [3.63, 3.8) is 0 Å². The summed E-state index contributed by atoms with van der Waals surface area (Å²) in [6.45, 7) is 5.81. The van der Waals surface area contributed by atoms with Crippen LogP contribution in [0.25, 0.3) is 5.78 Å². The van der Waals surface area contributed by atoms with E-state index in [4.69, 9.17) is 0 Å². The first-order valence-corrected chi connectivity index (χ1v) is 7.81. The van der Waals surface area contributed by atoms with E-state index in [9.17, 15) is 18.0 Å². The number of aryl methyl sites for hydroxylation is 1. The summed E-state index contributed by atoms with van der Waals surface area (Å²) in [6.07, 6.45) is -4.40. The van der Waals surface area contributed by atoms with Crippen LogP contribution in [0, 0.1) is 6.92 Å². The summed E-state index contributed by atoms with van der Waals surface area (Å²) in [5.74, 6) is -1.15. The minimum Gasteiger partial charge on any atom is -0.327 e. The zero-order valence-corrected chi connectivity index (χ0v) is 14.0. The Labute approximate surface area is 141 Å². The fourth-order valence-corrected chi connectivity index (χ4v) is 2.62. The molecule has 0 aliphatic rings. The van der Waals surface area contributed by atoms with E-state index >= 15 is 0 Å². The van der Waals surface area contributed by atoms with Crippen LogP contribution in [0.1, 0.15) is 48.0 Å². The lowest BCUT2D eigenvalue weighted by molar-refractivity contribution is -0.144. The first-order chi connectivity index (χ1) is 11.7. The Morgan fingerprint density at radius 2 is 1.84 bits per heavy atom. The van der Waals surface area contributed by atoms with Gasteiger partial charge >= 0.3 is 6.18 Å². The van der Waals surface area contributed by atoms with Crippen molar-refractivity contribution < 1.29 is 13.2 Å². The van der Waals surface area contributed by atoms with E-state index in [1.165, 1.54) is 5.56 Å². The van der Waals surface area contributed by atoms with Gasteiger partial charge in [-0.2, -0.15) is 22.7 Å². The molecule has 0 radical (unpaired) electrons. The van der Waals surface area contributed by atoms with Gasteiger partial charge in [0.1, 0.15) is 0 Å². The van der Waals surface area contributed by atoms with Gasteiger partial charge in [0.2, 0.25) is 5.78 Å². The average Bonchev–Trinajstić information content (AvgIpc) is 2.96. The average molecular weight is 350 g/mol. The van der Waals surface area contributed by atoms with Crippen molar-refractivity contribution >= 4 is 5.78 Å². The quantitative estimate of drug-likeness (QED) is 0.787. The predicted molar refractivity (Wildman–Crippen MR) is 86.7 cm³/mol. The maximum absolute atomic E-state index is 12.8. The number of nitrogens with one attached hydrogen (secondary N) is 1. The number of H-pyrrole nitrogens is 1. The number of aromatic nitrogens is 4. The summed E-state index contributed by atoms with van der Waals surface area (Å²) in [7, 11) is 0. The second kappa shape index (κ2) is 6.02. The van der Waals surface area contributed by atoms with Crippen LogP contribution in [0.15, 0.2) is 29.1 Å². The van der Waals surface area contributed by atoms with Gasteiger partial charge in [-0.1, -0.05) is 38.1 Å². The number of hydrogen-bond donors (Lipinski definition) is 1. The third kappa shape index (κ3) is 3.29. The Bertz CT molecular complexity index is 968. The van der Waals surface area contributed by atoms with Gasteiger partial charge in [0.25, 0.3) is 11.4 Å². The molecule has 2 heterocycles. The molecule has 0 bridgehead atoms. The molecule has 2 aromatic heterocycles. The van der Waals surface area contributed by atoms with E-state index < -0.39 is 17.6 Å². The van der Waals surface area contributed by atoms with Gasteiger partial charge in [-0.25, -0.2) is 0 Å². The van der Waals surface area contributed by atoms with Crippen molar-refractivity contribution in [3.8, 4) is 0 Å². The van der Waals surface area contributed by atoms with Crippen LogP contribution in [0.3, 0.4) is 0 Å². The van der Waals surface area contributed by atoms with Crippen LogP contribution in [-0.2, 0) is 12.6 Å². The number of halogens is 3. The summed E-state index contributed by atoms with van der Waals surface area (Å²) in [5.41, 5.74) is 2.32. The Kier molecular flexibility index (Phi) is 4.14. The zero-order valence-electron chi connectivity index (χ0n) is 14.0. The zero-order chi connectivity index (χ0) is 18.4. The Hall–Kier alpha value is -2.64. The fraction of sp³-hybridized carbons (Fsp3) is 0.353. The molecule has 0 spiro atoms. The Balaban J connectivity index is 2.03. The number of aromatic amines is 1. The van der Waals surface area contributed by atoms with Gasteiger partial charge in [-0.3, -0.25) is 4.79 Å². The van der Waals surface area contributed by atoms with Crippen molar-refractivity contribution in [1.82, 2.24) is 19.6 Å². The third-order valence-electron chi connectivity index (χ3n) is 4.09. The lowest BCUT2D eigenvalue weighted by atomic mass is 9.99. The number of fused-ring (bicyclic) bond motifs is 1. The molecule has 8 heteroatoms. The normalized spacial score (nSPS) is 12.3. The monoisotopic (exact) mass is 350 g/mol. The first-order valence-electron chi connectivity index (χ1n) is 7.81. The van der Waals surface area contributed by atoms with Crippen molar-refractivity contribution in [2.75, 3.05) is 0 Å². The number of nitrogens with zero attached hydrogens (tertiary/aromatic N) is 3. The molecule has 5 nitrogen and oxygen atoms in total. The van der Waals surface area contributed by atoms with Crippen LogP contribution < -0.4 is 5.56 Å². The van der Waals surface area contributed by atoms with Crippen molar-refractivity contribution in [1.29, 1.82) is 0 Å². The van der Waals surface area contributed by atoms with Gasteiger partial charge in [0.05, 0.1) is 0 Å². The molecule has 0 aliphatic heterocycles. The molecule has 0 saturated heterocycles. The molecule has 0 aliphatic carbocycles. The van der Waals surface area contributed by atoms with Gasteiger partial charge in [0.15, 0.2) is 0 Å². The molecular weight excluding hydrogens is 333 g/mol. The molecular formula is C17H17F3N4O. The maximum Gasteiger partial charge on any atom is 0.453 e. The lowest BCUT2D eigenvalue weighted by Crippen LogP contribution is -2.22. The lowest BCUT2D eigenvalue weighted by Gasteiger charge is -2.08. The molecule has 0 unspecified atom stereocenters. The second-order valence-electron chi connectivity index (χ2n) is 6.28. The van der Waals surface area contributed by atoms with Gasteiger partial charge in [-0.05, 0) is 24.0 Å². The molecule has 0 fully saturated rings. The molecule has 3 aromatic rings. The van der Waals surface area contributed by atoms with Crippen LogP contribution in [-0.4, -0.2) is 19.6 Å². The summed E-state index contributed by atoms with van der Waals surface area (Å²) in [5, 5.41) is 3.30. The first kappa shape index (κ1) is 17.2. The van der Waals surface area contributed by atoms with E-state index in [0.717, 1.165) is 5.56 Å². The SMILES string of the molecule is Cc1[nH]c2nc(C(F)(F)F)nn2c(=O)c1Cc1ccc(C(C)C)cc1. The largest absolute Gasteiger partial charge is 0.453 e. The molecule has 25 heavy (non-hydrogen) atoms. The molecule has 132 valence electrons. The van der Waals surface area contributed by atoms with E-state index in [2.05, 4.69) is 28.9 Å². The summed E-state index contributed by atoms with van der Waals surface area (Å²) >= 11 is 0. The summed E-state index contributed by atoms with van der Waals surface area (Å²) in [6, 6.07) is 7.81. The minimum absolute atomic E-state index is 0.214. The molecule has 1 N–H and O–H groups in total.